The van der Waals surface area contributed by atoms with E-state index in [1.54, 1.807) is 25.5 Å². The smallest absolute Gasteiger partial charge is 0.329 e. The fourth-order valence-corrected chi connectivity index (χ4v) is 1.64. The summed E-state index contributed by atoms with van der Waals surface area (Å²) in [6.07, 6.45) is 3.58. The Morgan fingerprint density at radius 1 is 1.47 bits per heavy atom. The summed E-state index contributed by atoms with van der Waals surface area (Å²) in [6.45, 7) is 3.47. The van der Waals surface area contributed by atoms with Crippen LogP contribution in [-0.2, 0) is 11.8 Å². The van der Waals surface area contributed by atoms with E-state index >= 15 is 0 Å². The van der Waals surface area contributed by atoms with Gasteiger partial charge in [0, 0.05) is 7.05 Å². The Morgan fingerprint density at radius 2 is 2.06 bits per heavy atom. The summed E-state index contributed by atoms with van der Waals surface area (Å²) in [6, 6.07) is 0. The van der Waals surface area contributed by atoms with Crippen LogP contribution in [0.4, 0.5) is 0 Å². The van der Waals surface area contributed by atoms with Gasteiger partial charge in [0.05, 0.1) is 12.5 Å². The number of rotatable bonds is 5. The van der Waals surface area contributed by atoms with Crippen LogP contribution in [0.5, 0.6) is 0 Å². The molecule has 6 nitrogen and oxygen atoms in total. The van der Waals surface area contributed by atoms with E-state index < -0.39 is 17.4 Å². The molecule has 1 aromatic rings. The summed E-state index contributed by atoms with van der Waals surface area (Å²) < 4.78 is 1.55. The second kappa shape index (κ2) is 4.99. The average molecular weight is 239 g/mol. The molecule has 17 heavy (non-hydrogen) atoms. The van der Waals surface area contributed by atoms with E-state index in [-0.39, 0.29) is 0 Å². The molecule has 0 unspecified atom stereocenters. The normalized spacial score (nSPS) is 11.2. The van der Waals surface area contributed by atoms with Crippen LogP contribution < -0.4 is 5.32 Å². The molecule has 0 fully saturated rings. The summed E-state index contributed by atoms with van der Waals surface area (Å²) in [5.41, 5.74) is -0.862. The number of aryl methyl sites for hydroxylation is 1. The average Bonchev–Trinajstić information content (AvgIpc) is 2.72. The van der Waals surface area contributed by atoms with Crippen molar-refractivity contribution in [3.05, 3.63) is 18.2 Å². The molecule has 1 rings (SSSR count). The standard InChI is InChI=1S/C11H17N3O3/c1-4-11(5-2,10(16)17)13-9(15)8-6-12-7-14(8)3/h6-7H,4-5H2,1-3H3,(H,13,15)(H,16,17). The van der Waals surface area contributed by atoms with Crippen LogP contribution in [0.3, 0.4) is 0 Å². The lowest BCUT2D eigenvalue weighted by Gasteiger charge is -2.27. The summed E-state index contributed by atoms with van der Waals surface area (Å²) in [5, 5.41) is 11.8. The molecule has 0 aromatic carbocycles. The van der Waals surface area contributed by atoms with Gasteiger partial charge in [-0.15, -0.1) is 0 Å². The molecule has 2 N–H and O–H groups in total. The Morgan fingerprint density at radius 3 is 2.41 bits per heavy atom. The van der Waals surface area contributed by atoms with Crippen LogP contribution in [0.15, 0.2) is 12.5 Å². The first-order valence-corrected chi connectivity index (χ1v) is 5.49. The molecule has 0 aliphatic rings. The third-order valence-corrected chi connectivity index (χ3v) is 3.02. The highest BCUT2D eigenvalue weighted by Gasteiger charge is 2.37. The van der Waals surface area contributed by atoms with Gasteiger partial charge < -0.3 is 15.0 Å². The largest absolute Gasteiger partial charge is 0.480 e. The number of carbonyl (C=O) groups is 2. The number of carbonyl (C=O) groups excluding carboxylic acids is 1. The van der Waals surface area contributed by atoms with Gasteiger partial charge in [-0.2, -0.15) is 0 Å². The summed E-state index contributed by atoms with van der Waals surface area (Å²) in [7, 11) is 1.68. The third-order valence-electron chi connectivity index (χ3n) is 3.02. The molecular weight excluding hydrogens is 222 g/mol. The monoisotopic (exact) mass is 239 g/mol. The van der Waals surface area contributed by atoms with Crippen LogP contribution in [0.1, 0.15) is 37.2 Å². The number of aliphatic carboxylic acids is 1. The first-order valence-electron chi connectivity index (χ1n) is 5.49. The highest BCUT2D eigenvalue weighted by Crippen LogP contribution is 2.16. The molecular formula is C11H17N3O3. The molecule has 1 heterocycles. The Hall–Kier alpha value is -1.85. The lowest BCUT2D eigenvalue weighted by molar-refractivity contribution is -0.144. The number of amides is 1. The van der Waals surface area contributed by atoms with E-state index in [1.165, 1.54) is 12.5 Å². The first kappa shape index (κ1) is 13.2. The summed E-state index contributed by atoms with van der Waals surface area (Å²) >= 11 is 0. The number of hydrogen-bond donors (Lipinski definition) is 2. The quantitative estimate of drug-likeness (QED) is 0.795. The summed E-state index contributed by atoms with van der Waals surface area (Å²) in [4.78, 5) is 27.0. The fourth-order valence-electron chi connectivity index (χ4n) is 1.64. The van der Waals surface area contributed by atoms with E-state index in [2.05, 4.69) is 10.3 Å². The number of nitrogens with one attached hydrogen (secondary N) is 1. The lowest BCUT2D eigenvalue weighted by Crippen LogP contribution is -2.54. The zero-order valence-electron chi connectivity index (χ0n) is 10.2. The lowest BCUT2D eigenvalue weighted by atomic mass is 9.93. The predicted molar refractivity (Wildman–Crippen MR) is 61.6 cm³/mol. The van der Waals surface area contributed by atoms with Crippen molar-refractivity contribution in [2.45, 2.75) is 32.2 Å². The molecule has 0 saturated heterocycles. The summed E-state index contributed by atoms with van der Waals surface area (Å²) in [5.74, 6) is -1.44. The maximum atomic E-state index is 11.9. The van der Waals surface area contributed by atoms with Crippen LogP contribution in [-0.4, -0.2) is 32.1 Å². The van der Waals surface area contributed by atoms with Crippen molar-refractivity contribution in [3.63, 3.8) is 0 Å². The topological polar surface area (TPSA) is 84.2 Å². The minimum Gasteiger partial charge on any atom is -0.480 e. The molecule has 1 amide bonds. The molecule has 0 aliphatic carbocycles. The van der Waals surface area contributed by atoms with E-state index in [0.717, 1.165) is 0 Å². The Labute approximate surface area is 99.7 Å². The van der Waals surface area contributed by atoms with Crippen molar-refractivity contribution in [1.82, 2.24) is 14.9 Å². The van der Waals surface area contributed by atoms with Crippen molar-refractivity contribution >= 4 is 11.9 Å². The maximum Gasteiger partial charge on any atom is 0.329 e. The second-order valence-corrected chi connectivity index (χ2v) is 3.94. The van der Waals surface area contributed by atoms with Crippen LogP contribution in [0, 0.1) is 0 Å². The Balaban J connectivity index is 2.93. The molecule has 0 aliphatic heterocycles. The molecule has 0 atom stereocenters. The van der Waals surface area contributed by atoms with Crippen molar-refractivity contribution in [3.8, 4) is 0 Å². The first-order chi connectivity index (χ1) is 7.96. The van der Waals surface area contributed by atoms with Gasteiger partial charge in [0.15, 0.2) is 0 Å². The Kier molecular flexibility index (Phi) is 3.88. The van der Waals surface area contributed by atoms with Gasteiger partial charge in [-0.3, -0.25) is 4.79 Å². The van der Waals surface area contributed by atoms with Crippen LogP contribution >= 0.6 is 0 Å². The number of carboxylic acid groups (broad SMARTS) is 1. The number of imidazole rings is 1. The zero-order chi connectivity index (χ0) is 13.1. The minimum absolute atomic E-state index is 0.336. The number of aromatic nitrogens is 2. The van der Waals surface area contributed by atoms with Crippen molar-refractivity contribution in [1.29, 1.82) is 0 Å². The van der Waals surface area contributed by atoms with Gasteiger partial charge in [0.1, 0.15) is 11.2 Å². The predicted octanol–water partition coefficient (Wildman–Crippen LogP) is 0.793. The van der Waals surface area contributed by atoms with Crippen LogP contribution in [0.2, 0.25) is 0 Å². The molecule has 0 spiro atoms. The molecule has 0 radical (unpaired) electrons. The van der Waals surface area contributed by atoms with Gasteiger partial charge in [0.2, 0.25) is 0 Å². The SMILES string of the molecule is CCC(CC)(NC(=O)c1cncn1C)C(=O)O. The molecule has 1 aromatic heterocycles. The van der Waals surface area contributed by atoms with Crippen LogP contribution in [0.25, 0.3) is 0 Å². The molecule has 6 heteroatoms. The van der Waals surface area contributed by atoms with Crippen molar-refractivity contribution in [2.24, 2.45) is 7.05 Å². The number of carboxylic acids is 1. The number of hydrogen-bond acceptors (Lipinski definition) is 3. The van der Waals surface area contributed by atoms with E-state index in [1.807, 2.05) is 0 Å². The second-order valence-electron chi connectivity index (χ2n) is 3.94. The Bertz CT molecular complexity index is 421. The zero-order valence-corrected chi connectivity index (χ0v) is 10.2. The van der Waals surface area contributed by atoms with Gasteiger partial charge in [-0.1, -0.05) is 13.8 Å². The molecule has 94 valence electrons. The van der Waals surface area contributed by atoms with Crippen molar-refractivity contribution in [2.75, 3.05) is 0 Å². The molecule has 0 saturated carbocycles. The highest BCUT2D eigenvalue weighted by atomic mass is 16.4. The van der Waals surface area contributed by atoms with Gasteiger partial charge in [-0.25, -0.2) is 9.78 Å². The van der Waals surface area contributed by atoms with E-state index in [0.29, 0.717) is 18.5 Å². The van der Waals surface area contributed by atoms with Gasteiger partial charge >= 0.3 is 5.97 Å². The fraction of sp³-hybridized carbons (Fsp3) is 0.545. The van der Waals surface area contributed by atoms with E-state index in [4.69, 9.17) is 0 Å². The maximum absolute atomic E-state index is 11.9. The third kappa shape index (κ3) is 2.46. The molecule has 0 bridgehead atoms. The number of nitrogens with zero attached hydrogens (tertiary/aromatic N) is 2. The minimum atomic E-state index is -1.21. The van der Waals surface area contributed by atoms with E-state index in [9.17, 15) is 14.7 Å². The van der Waals surface area contributed by atoms with Crippen molar-refractivity contribution < 1.29 is 14.7 Å². The highest BCUT2D eigenvalue weighted by molar-refractivity contribution is 5.96. The van der Waals surface area contributed by atoms with Gasteiger partial charge in [-0.05, 0) is 12.8 Å². The van der Waals surface area contributed by atoms with Gasteiger partial charge in [0.25, 0.3) is 5.91 Å².